The fourth-order valence-electron chi connectivity index (χ4n) is 3.69. The summed E-state index contributed by atoms with van der Waals surface area (Å²) in [7, 11) is 0. The van der Waals surface area contributed by atoms with Gasteiger partial charge in [-0.2, -0.15) is 4.98 Å². The zero-order chi connectivity index (χ0) is 17.8. The number of rotatable bonds is 4. The molecule has 1 aromatic heterocycles. The lowest BCUT2D eigenvalue weighted by molar-refractivity contribution is 0.0393. The van der Waals surface area contributed by atoms with Gasteiger partial charge in [0.1, 0.15) is 18.0 Å². The average molecular weight is 355 g/mol. The van der Waals surface area contributed by atoms with Gasteiger partial charge in [0.05, 0.1) is 19.0 Å². The number of nitrogens with zero attached hydrogens (tertiary/aromatic N) is 3. The predicted molar refractivity (Wildman–Crippen MR) is 98.5 cm³/mol. The molecule has 0 amide bonds. The lowest BCUT2D eigenvalue weighted by atomic mass is 9.98. The molecule has 2 fully saturated rings. The van der Waals surface area contributed by atoms with E-state index in [2.05, 4.69) is 14.9 Å². The van der Waals surface area contributed by atoms with Crippen LogP contribution in [-0.4, -0.2) is 40.9 Å². The molecule has 2 aliphatic rings. The van der Waals surface area contributed by atoms with Crippen molar-refractivity contribution in [1.29, 1.82) is 0 Å². The number of hydrogen-bond donors (Lipinski definition) is 1. The normalized spacial score (nSPS) is 21.5. The van der Waals surface area contributed by atoms with E-state index in [0.717, 1.165) is 30.8 Å². The molecule has 1 aliphatic carbocycles. The van der Waals surface area contributed by atoms with Crippen LogP contribution in [0.4, 0.5) is 5.82 Å². The Hall–Kier alpha value is -2.34. The SMILES string of the molecule is Oc1cccc([C@@H]2CN(c3cncc(OC4CCCCC4)n3)CCO2)c1. The molecule has 26 heavy (non-hydrogen) atoms. The molecule has 0 radical (unpaired) electrons. The Morgan fingerprint density at radius 2 is 2.04 bits per heavy atom. The highest BCUT2D eigenvalue weighted by Crippen LogP contribution is 2.28. The molecule has 4 rings (SSSR count). The van der Waals surface area contributed by atoms with Gasteiger partial charge < -0.3 is 19.5 Å². The molecular formula is C20H25N3O3. The van der Waals surface area contributed by atoms with Crippen LogP contribution in [0.1, 0.15) is 43.8 Å². The van der Waals surface area contributed by atoms with Crippen molar-refractivity contribution in [2.24, 2.45) is 0 Å². The third kappa shape index (κ3) is 4.07. The largest absolute Gasteiger partial charge is 0.508 e. The lowest BCUT2D eigenvalue weighted by Gasteiger charge is -2.34. The van der Waals surface area contributed by atoms with E-state index in [1.54, 1.807) is 24.5 Å². The Bertz CT molecular complexity index is 734. The Morgan fingerprint density at radius 1 is 1.15 bits per heavy atom. The number of morpholine rings is 1. The monoisotopic (exact) mass is 355 g/mol. The van der Waals surface area contributed by atoms with Crippen LogP contribution in [0, 0.1) is 0 Å². The molecule has 0 bridgehead atoms. The van der Waals surface area contributed by atoms with Gasteiger partial charge >= 0.3 is 0 Å². The number of benzene rings is 1. The molecule has 1 saturated heterocycles. The summed E-state index contributed by atoms with van der Waals surface area (Å²) in [4.78, 5) is 11.2. The summed E-state index contributed by atoms with van der Waals surface area (Å²) < 4.78 is 11.9. The van der Waals surface area contributed by atoms with Crippen LogP contribution in [0.5, 0.6) is 11.6 Å². The van der Waals surface area contributed by atoms with E-state index in [0.29, 0.717) is 19.0 Å². The number of phenolic OH excluding ortho intramolecular Hbond substituents is 1. The maximum atomic E-state index is 9.71. The molecule has 1 atom stereocenters. The second-order valence-corrected chi connectivity index (χ2v) is 6.99. The summed E-state index contributed by atoms with van der Waals surface area (Å²) in [6.07, 6.45) is 9.60. The first kappa shape index (κ1) is 17.1. The first-order valence-electron chi connectivity index (χ1n) is 9.42. The second-order valence-electron chi connectivity index (χ2n) is 6.99. The zero-order valence-electron chi connectivity index (χ0n) is 14.9. The van der Waals surface area contributed by atoms with Crippen molar-refractivity contribution in [3.05, 3.63) is 42.2 Å². The van der Waals surface area contributed by atoms with Crippen LogP contribution in [-0.2, 0) is 4.74 Å². The Labute approximate surface area is 153 Å². The molecule has 1 aromatic carbocycles. The van der Waals surface area contributed by atoms with Crippen LogP contribution < -0.4 is 9.64 Å². The van der Waals surface area contributed by atoms with Gasteiger partial charge in [0.2, 0.25) is 5.88 Å². The first-order valence-corrected chi connectivity index (χ1v) is 9.42. The number of aromatic nitrogens is 2. The molecule has 138 valence electrons. The number of hydrogen-bond acceptors (Lipinski definition) is 6. The van der Waals surface area contributed by atoms with Gasteiger partial charge in [-0.3, -0.25) is 4.98 Å². The molecule has 6 heteroatoms. The van der Waals surface area contributed by atoms with Gasteiger partial charge in [-0.05, 0) is 43.4 Å². The summed E-state index contributed by atoms with van der Waals surface area (Å²) in [5, 5.41) is 9.71. The van der Waals surface area contributed by atoms with E-state index in [4.69, 9.17) is 9.47 Å². The van der Waals surface area contributed by atoms with E-state index in [-0.39, 0.29) is 18.0 Å². The Kier molecular flexibility index (Phi) is 5.20. The van der Waals surface area contributed by atoms with E-state index >= 15 is 0 Å². The Morgan fingerprint density at radius 3 is 2.88 bits per heavy atom. The first-order chi connectivity index (χ1) is 12.8. The number of phenols is 1. The molecule has 2 aromatic rings. The Balaban J connectivity index is 1.45. The minimum atomic E-state index is -0.0967. The van der Waals surface area contributed by atoms with Crippen molar-refractivity contribution in [3.63, 3.8) is 0 Å². The minimum absolute atomic E-state index is 0.0967. The van der Waals surface area contributed by atoms with E-state index in [1.807, 2.05) is 12.1 Å². The molecule has 1 aliphatic heterocycles. The van der Waals surface area contributed by atoms with Gasteiger partial charge in [-0.1, -0.05) is 18.6 Å². The fourth-order valence-corrected chi connectivity index (χ4v) is 3.69. The molecule has 1 N–H and O–H groups in total. The van der Waals surface area contributed by atoms with Crippen LogP contribution >= 0.6 is 0 Å². The van der Waals surface area contributed by atoms with Crippen LogP contribution in [0.15, 0.2) is 36.7 Å². The van der Waals surface area contributed by atoms with Crippen molar-refractivity contribution in [2.45, 2.75) is 44.3 Å². The lowest BCUT2D eigenvalue weighted by Crippen LogP contribution is -2.39. The average Bonchev–Trinajstić information content (AvgIpc) is 2.69. The summed E-state index contributed by atoms with van der Waals surface area (Å²) in [6.45, 7) is 2.04. The zero-order valence-corrected chi connectivity index (χ0v) is 14.9. The minimum Gasteiger partial charge on any atom is -0.508 e. The fraction of sp³-hybridized carbons (Fsp3) is 0.500. The van der Waals surface area contributed by atoms with Crippen molar-refractivity contribution >= 4 is 5.82 Å². The summed E-state index contributed by atoms with van der Waals surface area (Å²) in [5.74, 6) is 1.67. The molecular weight excluding hydrogens is 330 g/mol. The van der Waals surface area contributed by atoms with Gasteiger partial charge in [0.25, 0.3) is 0 Å². The number of aromatic hydroxyl groups is 1. The predicted octanol–water partition coefficient (Wildman–Crippen LogP) is 3.47. The van der Waals surface area contributed by atoms with E-state index in [9.17, 15) is 5.11 Å². The molecule has 0 unspecified atom stereocenters. The summed E-state index contributed by atoms with van der Waals surface area (Å²) in [6, 6.07) is 7.23. The summed E-state index contributed by atoms with van der Waals surface area (Å²) in [5.41, 5.74) is 0.970. The highest BCUT2D eigenvalue weighted by atomic mass is 16.5. The van der Waals surface area contributed by atoms with Crippen LogP contribution in [0.2, 0.25) is 0 Å². The number of ether oxygens (including phenoxy) is 2. The van der Waals surface area contributed by atoms with Crippen LogP contribution in [0.25, 0.3) is 0 Å². The topological polar surface area (TPSA) is 67.7 Å². The van der Waals surface area contributed by atoms with Crippen molar-refractivity contribution in [3.8, 4) is 11.6 Å². The third-order valence-electron chi connectivity index (χ3n) is 5.07. The smallest absolute Gasteiger partial charge is 0.234 e. The molecule has 0 spiro atoms. The van der Waals surface area contributed by atoms with E-state index in [1.165, 1.54) is 19.3 Å². The quantitative estimate of drug-likeness (QED) is 0.906. The van der Waals surface area contributed by atoms with Gasteiger partial charge in [-0.15, -0.1) is 0 Å². The van der Waals surface area contributed by atoms with Crippen molar-refractivity contribution in [1.82, 2.24) is 9.97 Å². The van der Waals surface area contributed by atoms with Gasteiger partial charge in [0.15, 0.2) is 5.82 Å². The van der Waals surface area contributed by atoms with Crippen molar-refractivity contribution < 1.29 is 14.6 Å². The van der Waals surface area contributed by atoms with Crippen molar-refractivity contribution in [2.75, 3.05) is 24.6 Å². The number of anilines is 1. The molecule has 1 saturated carbocycles. The van der Waals surface area contributed by atoms with E-state index < -0.39 is 0 Å². The van der Waals surface area contributed by atoms with Crippen LogP contribution in [0.3, 0.4) is 0 Å². The highest BCUT2D eigenvalue weighted by molar-refractivity contribution is 5.39. The van der Waals surface area contributed by atoms with Gasteiger partial charge in [0, 0.05) is 13.1 Å². The molecule has 6 nitrogen and oxygen atoms in total. The maximum absolute atomic E-state index is 9.71. The standard InChI is InChI=1S/C20H25N3O3/c24-16-6-4-5-15(11-16)18-14-23(9-10-25-18)19-12-21-13-20(22-19)26-17-7-2-1-3-8-17/h4-6,11-13,17-18,24H,1-3,7-10,14H2/t18-/m0/s1. The third-order valence-corrected chi connectivity index (χ3v) is 5.07. The maximum Gasteiger partial charge on any atom is 0.234 e. The summed E-state index contributed by atoms with van der Waals surface area (Å²) >= 11 is 0. The highest BCUT2D eigenvalue weighted by Gasteiger charge is 2.24. The van der Waals surface area contributed by atoms with Gasteiger partial charge in [-0.25, -0.2) is 0 Å². The second kappa shape index (κ2) is 7.91. The molecule has 2 heterocycles.